The maximum absolute atomic E-state index is 12.9. The highest BCUT2D eigenvalue weighted by atomic mass is 16.8. The molecule has 4 rings (SSSR count). The van der Waals surface area contributed by atoms with E-state index in [9.17, 15) is 147 Å². The summed E-state index contributed by atoms with van der Waals surface area (Å²) in [4.78, 5) is 49.9. The van der Waals surface area contributed by atoms with E-state index in [2.05, 4.69) is 16.0 Å². The van der Waals surface area contributed by atoms with Crippen LogP contribution in [0.1, 0.15) is 60.3 Å². The van der Waals surface area contributed by atoms with Gasteiger partial charge in [-0.25, -0.2) is 0 Å². The molecule has 29 N–H and O–H groups in total. The normalized spacial score (nSPS) is 33.8. The number of aliphatic hydroxyl groups is 25. The van der Waals surface area contributed by atoms with Gasteiger partial charge in [-0.15, -0.1) is 0 Å². The SMILES string of the molecule is CC(=O)N/C(=C(\O)[C@@H](CCO)O[C@H](O)/C(O)=C(/O)[C@@H](CO)CCO)[C@@H](O)OC1C(OC2C(O)[C@H](O[C@@H]3C(CO)O[C@@H](O[C@H](CCO)/C(O)=C(\NC(C)=O)[C@H](C)O)C(NC(C)=O)C3O)OC(CO[C@H]3OC(CO)[C@@H](O)C(O)C3OC(O)C(NC(C)=O)C(O)[C@H](O)CCO)[C@H]2O)OC(CO)C(O)C1O. The average Bonchev–Trinajstić information content (AvgIpc) is 0.776. The minimum absolute atomic E-state index is 0.363. The van der Waals surface area contributed by atoms with Crippen molar-refractivity contribution in [2.24, 2.45) is 5.92 Å². The van der Waals surface area contributed by atoms with Crippen molar-refractivity contribution in [3.63, 3.8) is 0 Å². The average molecular weight is 1490 g/mol. The van der Waals surface area contributed by atoms with Crippen LogP contribution in [0.25, 0.3) is 0 Å². The van der Waals surface area contributed by atoms with Gasteiger partial charge in [0.1, 0.15) is 145 Å². The molecule has 44 heteroatoms. The van der Waals surface area contributed by atoms with Crippen molar-refractivity contribution in [1.82, 2.24) is 21.3 Å². The molecule has 4 fully saturated rings. The molecule has 0 aromatic rings. The number of hydrogen-bond acceptors (Lipinski definition) is 40. The van der Waals surface area contributed by atoms with E-state index in [1.165, 1.54) is 0 Å². The topological polar surface area (TPSA) is 724 Å². The molecule has 0 aromatic carbocycles. The summed E-state index contributed by atoms with van der Waals surface area (Å²) in [6.45, 7) is -3.86. The van der Waals surface area contributed by atoms with Gasteiger partial charge in [0.2, 0.25) is 36.2 Å². The molecule has 0 aromatic heterocycles. The monoisotopic (exact) mass is 1490 g/mol. The largest absolute Gasteiger partial charge is 0.508 e. The zero-order chi connectivity index (χ0) is 76.9. The fraction of sp³-hybridized carbons (Fsp3) is 0.828. The zero-order valence-corrected chi connectivity index (χ0v) is 55.8. The van der Waals surface area contributed by atoms with Gasteiger partial charge in [-0.3, -0.25) is 19.2 Å². The van der Waals surface area contributed by atoms with E-state index in [1.54, 1.807) is 0 Å². The third-order valence-corrected chi connectivity index (χ3v) is 16.4. The van der Waals surface area contributed by atoms with Crippen LogP contribution in [0, 0.1) is 5.92 Å². The minimum atomic E-state index is -2.86. The molecular weight excluding hydrogens is 1390 g/mol. The predicted octanol–water partition coefficient (Wildman–Crippen LogP) is -12.9. The number of aliphatic hydroxyl groups excluding tert-OH is 25. The molecule has 0 saturated carbocycles. The van der Waals surface area contributed by atoms with Crippen molar-refractivity contribution in [2.45, 2.75) is 238 Å². The molecule has 0 radical (unpaired) electrons. The van der Waals surface area contributed by atoms with Crippen LogP contribution < -0.4 is 21.3 Å². The Hall–Kier alpha value is -4.98. The Morgan fingerprint density at radius 1 is 0.451 bits per heavy atom. The number of rotatable bonds is 40. The number of carbonyl (C=O) groups excluding carboxylic acids is 4. The molecule has 0 bridgehead atoms. The standard InChI is InChI=1S/C58H100N4O40/c1-19(71)32(59-20(2)72)38(79)27(9-13-66)94-55-35(62-23(5)75)43(84)48(30(17-70)97-55)101-56-47(88)49(42(83)31(98-56)18-92-57-50(44(85)40(81)28(15-68)95-57)99-52(89)33(60-21(3)73)37(78)25(76)7-11-64)102-58-51(45(86)41(82)29(16-69)96-58)100-53(90)34(61-22(4)74)39(80)26(8-12-65)93-54(91)46(87)36(77)24(14-67)6-10-63/h19,24-31,33,35,37,40-45,47-58,63-71,76-91H,6-18H2,1-5H3,(H,59,72)(H,60,73)(H,61,74)(H,62,75)/b38-32+,39-34-,46-36-/t19-,24+,25+,26+,27+,28?,29?,30?,31?,33?,35?,37?,40+,41?,42+,43?,44?,45?,47?,48+,49?,50?,51?,52?,53-,54-,55+,56-,57-,58?/m0/s1. The third-order valence-electron chi connectivity index (χ3n) is 16.4. The molecule has 30 atom stereocenters. The van der Waals surface area contributed by atoms with Crippen molar-refractivity contribution in [1.29, 1.82) is 0 Å². The highest BCUT2D eigenvalue weighted by Gasteiger charge is 2.57. The van der Waals surface area contributed by atoms with E-state index in [0.717, 1.165) is 34.6 Å². The van der Waals surface area contributed by atoms with Crippen LogP contribution in [-0.4, -0.2) is 389 Å². The number of hydrogen-bond donors (Lipinski definition) is 29. The quantitative estimate of drug-likeness (QED) is 0.0200. The fourth-order valence-electron chi connectivity index (χ4n) is 11.1. The van der Waals surface area contributed by atoms with Crippen LogP contribution in [0.2, 0.25) is 0 Å². The smallest absolute Gasteiger partial charge is 0.221 e. The Bertz CT molecular complexity index is 2690. The predicted molar refractivity (Wildman–Crippen MR) is 327 cm³/mol. The molecule has 4 saturated heterocycles. The lowest BCUT2D eigenvalue weighted by Gasteiger charge is -2.49. The van der Waals surface area contributed by atoms with Crippen LogP contribution in [0.4, 0.5) is 0 Å². The summed E-state index contributed by atoms with van der Waals surface area (Å²) >= 11 is 0. The molecule has 0 aliphatic carbocycles. The molecule has 102 heavy (non-hydrogen) atoms. The fourth-order valence-corrected chi connectivity index (χ4v) is 11.1. The first-order chi connectivity index (χ1) is 48.0. The highest BCUT2D eigenvalue weighted by molar-refractivity contribution is 5.76. The van der Waals surface area contributed by atoms with Gasteiger partial charge in [0.15, 0.2) is 37.2 Å². The molecular formula is C58H100N4O40. The van der Waals surface area contributed by atoms with Crippen molar-refractivity contribution >= 4 is 23.6 Å². The first-order valence-electron chi connectivity index (χ1n) is 32.0. The van der Waals surface area contributed by atoms with Crippen molar-refractivity contribution in [3.8, 4) is 0 Å². The summed E-state index contributed by atoms with van der Waals surface area (Å²) in [5.41, 5.74) is -1.71. The molecule has 4 amide bonds. The first-order valence-corrected chi connectivity index (χ1v) is 32.0. The number of nitrogens with one attached hydrogen (secondary N) is 4. The summed E-state index contributed by atoms with van der Waals surface area (Å²) in [6, 6.07) is -3.91. The maximum atomic E-state index is 12.9. The van der Waals surface area contributed by atoms with Crippen LogP contribution >= 0.6 is 0 Å². The van der Waals surface area contributed by atoms with Crippen molar-refractivity contribution < 1.29 is 199 Å². The number of ether oxygens (including phenoxy) is 11. The van der Waals surface area contributed by atoms with Gasteiger partial charge < -0.3 is 201 Å². The Labute approximate surface area is 580 Å². The summed E-state index contributed by atoms with van der Waals surface area (Å²) < 4.78 is 64.0. The summed E-state index contributed by atoms with van der Waals surface area (Å²) in [5.74, 6) is -9.95. The number of amides is 4. The molecule has 4 aliphatic rings. The number of carbonyl (C=O) groups is 4. The molecule has 44 nitrogen and oxygen atoms in total. The van der Waals surface area contributed by atoms with Gasteiger partial charge in [-0.1, -0.05) is 0 Å². The Balaban J connectivity index is 1.91. The van der Waals surface area contributed by atoms with Crippen molar-refractivity contribution in [3.05, 3.63) is 34.4 Å². The molecule has 4 aliphatic heterocycles. The summed E-state index contributed by atoms with van der Waals surface area (Å²) in [5, 5.41) is 281. The van der Waals surface area contributed by atoms with E-state index in [-0.39, 0.29) is 6.42 Å². The summed E-state index contributed by atoms with van der Waals surface area (Å²) in [6.07, 6.45) is -62.5. The second-order valence-electron chi connectivity index (χ2n) is 24.1. The zero-order valence-electron chi connectivity index (χ0n) is 55.8. The van der Waals surface area contributed by atoms with Crippen LogP contribution in [-0.2, 0) is 71.3 Å². The lowest BCUT2D eigenvalue weighted by molar-refractivity contribution is -0.388. The van der Waals surface area contributed by atoms with E-state index in [0.29, 0.717) is 0 Å². The summed E-state index contributed by atoms with van der Waals surface area (Å²) in [7, 11) is 0. The Morgan fingerprint density at radius 2 is 0.951 bits per heavy atom. The molecule has 592 valence electrons. The van der Waals surface area contributed by atoms with Gasteiger partial charge in [0.05, 0.1) is 50.9 Å². The Morgan fingerprint density at radius 3 is 1.46 bits per heavy atom. The van der Waals surface area contributed by atoms with E-state index in [4.69, 9.17) is 52.1 Å². The van der Waals surface area contributed by atoms with Gasteiger partial charge in [-0.05, 0) is 19.8 Å². The van der Waals surface area contributed by atoms with Crippen molar-refractivity contribution in [2.75, 3.05) is 59.5 Å². The molecule has 0 spiro atoms. The first kappa shape index (κ1) is 89.4. The van der Waals surface area contributed by atoms with Crippen LogP contribution in [0.3, 0.4) is 0 Å². The van der Waals surface area contributed by atoms with Crippen LogP contribution in [0.15, 0.2) is 34.4 Å². The van der Waals surface area contributed by atoms with E-state index >= 15 is 0 Å². The Kier molecular flexibility index (Phi) is 37.2. The molecule has 17 unspecified atom stereocenters. The second kappa shape index (κ2) is 42.4. The minimum Gasteiger partial charge on any atom is -0.508 e. The van der Waals surface area contributed by atoms with Gasteiger partial charge in [0.25, 0.3) is 0 Å². The van der Waals surface area contributed by atoms with E-state index < -0.39 is 321 Å². The third kappa shape index (κ3) is 23.8. The van der Waals surface area contributed by atoms with Gasteiger partial charge >= 0.3 is 0 Å². The van der Waals surface area contributed by atoms with E-state index in [1.807, 2.05) is 5.32 Å². The molecule has 4 heterocycles. The van der Waals surface area contributed by atoms with Gasteiger partial charge in [0, 0.05) is 72.9 Å². The lowest BCUT2D eigenvalue weighted by Crippen LogP contribution is -2.69. The van der Waals surface area contributed by atoms with Crippen LogP contribution in [0.5, 0.6) is 0 Å². The lowest BCUT2D eigenvalue weighted by atomic mass is 9.94. The maximum Gasteiger partial charge on any atom is 0.221 e. The van der Waals surface area contributed by atoms with Gasteiger partial charge in [-0.2, -0.15) is 0 Å². The second-order valence-corrected chi connectivity index (χ2v) is 24.1. The highest BCUT2D eigenvalue weighted by Crippen LogP contribution is 2.37.